The second-order valence-corrected chi connectivity index (χ2v) is 6.93. The van der Waals surface area contributed by atoms with Crippen molar-refractivity contribution in [2.75, 3.05) is 6.54 Å². The molecule has 146 valence electrons. The lowest BCUT2D eigenvalue weighted by atomic mass is 10.2. The Morgan fingerprint density at radius 3 is 2.89 bits per heavy atom. The van der Waals surface area contributed by atoms with Gasteiger partial charge in [0.05, 0.1) is 25.3 Å². The average Bonchev–Trinajstić information content (AvgIpc) is 3.33. The van der Waals surface area contributed by atoms with Gasteiger partial charge in [0.1, 0.15) is 11.9 Å². The number of alkyl halides is 1. The fourth-order valence-corrected chi connectivity index (χ4v) is 3.24. The van der Waals surface area contributed by atoms with Crippen LogP contribution in [0.1, 0.15) is 48.2 Å². The number of nitrogens with zero attached hydrogens (tertiary/aromatic N) is 6. The Balaban J connectivity index is 1.73. The minimum atomic E-state index is -1.09. The van der Waals surface area contributed by atoms with E-state index < -0.39 is 6.17 Å². The molecule has 0 saturated carbocycles. The molecule has 10 heteroatoms. The van der Waals surface area contributed by atoms with Gasteiger partial charge in [-0.05, 0) is 26.8 Å². The van der Waals surface area contributed by atoms with E-state index in [-0.39, 0.29) is 49.1 Å². The van der Waals surface area contributed by atoms with Gasteiger partial charge in [-0.25, -0.2) is 9.07 Å². The third-order valence-corrected chi connectivity index (χ3v) is 4.45. The molecular weight excluding hydrogens is 353 g/mol. The minimum absolute atomic E-state index is 0.0127. The molecule has 2 aromatic heterocycles. The van der Waals surface area contributed by atoms with Crippen molar-refractivity contribution >= 4 is 11.8 Å². The van der Waals surface area contributed by atoms with Gasteiger partial charge in [0.25, 0.3) is 11.8 Å². The van der Waals surface area contributed by atoms with Gasteiger partial charge < -0.3 is 10.2 Å². The number of hydrogen-bond donors (Lipinski definition) is 1. The van der Waals surface area contributed by atoms with E-state index in [1.807, 2.05) is 20.8 Å². The number of carbonyl (C=O) groups excluding carboxylic acids is 2. The molecule has 2 unspecified atom stereocenters. The molecule has 2 amide bonds. The summed E-state index contributed by atoms with van der Waals surface area (Å²) in [5.41, 5.74) is 0.632. The van der Waals surface area contributed by atoms with E-state index >= 15 is 0 Å². The lowest BCUT2D eigenvalue weighted by Crippen LogP contribution is -2.39. The van der Waals surface area contributed by atoms with Gasteiger partial charge >= 0.3 is 0 Å². The van der Waals surface area contributed by atoms with Crippen molar-refractivity contribution in [3.05, 3.63) is 29.8 Å². The summed E-state index contributed by atoms with van der Waals surface area (Å²) in [7, 11) is 0. The molecule has 0 spiro atoms. The predicted octanol–water partition coefficient (Wildman–Crippen LogP) is 0.885. The molecule has 3 rings (SSSR count). The highest BCUT2D eigenvalue weighted by atomic mass is 19.1. The molecule has 0 aliphatic carbocycles. The predicted molar refractivity (Wildman–Crippen MR) is 94.9 cm³/mol. The van der Waals surface area contributed by atoms with Crippen LogP contribution in [0.3, 0.4) is 0 Å². The number of likely N-dealkylation sites (tertiary alicyclic amines) is 1. The molecule has 1 N–H and O–H groups in total. The number of aryl methyl sites for hydroxylation is 1. The second-order valence-electron chi connectivity index (χ2n) is 6.93. The molecule has 0 aromatic carbocycles. The first-order valence-electron chi connectivity index (χ1n) is 9.06. The SMILES string of the molecule is CCn1nccc1C(=O)N1CC(F)CC1Cn1cc(C(=O)NC(C)C)nn1. The zero-order valence-corrected chi connectivity index (χ0v) is 15.7. The Morgan fingerprint density at radius 1 is 1.41 bits per heavy atom. The first kappa shape index (κ1) is 19.0. The van der Waals surface area contributed by atoms with E-state index in [1.54, 1.807) is 16.9 Å². The maximum Gasteiger partial charge on any atom is 0.273 e. The number of rotatable bonds is 6. The Morgan fingerprint density at radius 2 is 2.19 bits per heavy atom. The van der Waals surface area contributed by atoms with Gasteiger partial charge in [-0.2, -0.15) is 5.10 Å². The summed E-state index contributed by atoms with van der Waals surface area (Å²) in [5, 5.41) is 14.7. The number of hydrogen-bond acceptors (Lipinski definition) is 5. The van der Waals surface area contributed by atoms with Crippen molar-refractivity contribution in [3.8, 4) is 0 Å². The van der Waals surface area contributed by atoms with Crippen LogP contribution < -0.4 is 5.32 Å². The first-order valence-corrected chi connectivity index (χ1v) is 9.06. The zero-order valence-electron chi connectivity index (χ0n) is 15.7. The highest BCUT2D eigenvalue weighted by molar-refractivity contribution is 5.93. The van der Waals surface area contributed by atoms with Crippen LogP contribution in [0, 0.1) is 0 Å². The van der Waals surface area contributed by atoms with Crippen LogP contribution in [0.2, 0.25) is 0 Å². The van der Waals surface area contributed by atoms with E-state index in [4.69, 9.17) is 0 Å². The van der Waals surface area contributed by atoms with Gasteiger partial charge in [-0.15, -0.1) is 5.10 Å². The Hall–Kier alpha value is -2.78. The monoisotopic (exact) mass is 377 g/mol. The highest BCUT2D eigenvalue weighted by Crippen LogP contribution is 2.24. The molecular formula is C17H24FN7O2. The molecule has 1 fully saturated rings. The fraction of sp³-hybridized carbons (Fsp3) is 0.588. The van der Waals surface area contributed by atoms with Crippen molar-refractivity contribution in [2.45, 2.75) is 58.5 Å². The molecule has 27 heavy (non-hydrogen) atoms. The molecule has 1 aliphatic rings. The maximum absolute atomic E-state index is 14.1. The topological polar surface area (TPSA) is 97.9 Å². The van der Waals surface area contributed by atoms with E-state index in [1.165, 1.54) is 15.8 Å². The largest absolute Gasteiger partial charge is 0.348 e. The van der Waals surface area contributed by atoms with Gasteiger partial charge in [-0.3, -0.25) is 14.3 Å². The zero-order chi connectivity index (χ0) is 19.6. The summed E-state index contributed by atoms with van der Waals surface area (Å²) >= 11 is 0. The standard InChI is InChI=1S/C17H24FN7O2/c1-4-25-15(5-6-19-25)17(27)24-8-12(18)7-13(24)9-23-10-14(21-22-23)16(26)20-11(2)3/h5-6,10-13H,4,7-9H2,1-3H3,(H,20,26). The van der Waals surface area contributed by atoms with Crippen LogP contribution in [0.5, 0.6) is 0 Å². The van der Waals surface area contributed by atoms with Crippen LogP contribution in [0.15, 0.2) is 18.5 Å². The molecule has 0 radical (unpaired) electrons. The van der Waals surface area contributed by atoms with Gasteiger partial charge in [0, 0.05) is 25.2 Å². The summed E-state index contributed by atoms with van der Waals surface area (Å²) in [5.74, 6) is -0.566. The van der Waals surface area contributed by atoms with Crippen molar-refractivity contribution in [1.29, 1.82) is 0 Å². The average molecular weight is 377 g/mol. The molecule has 9 nitrogen and oxygen atoms in total. The quantitative estimate of drug-likeness (QED) is 0.806. The second kappa shape index (κ2) is 7.85. The van der Waals surface area contributed by atoms with Crippen LogP contribution in [-0.4, -0.2) is 66.3 Å². The number of halogens is 1. The number of amides is 2. The maximum atomic E-state index is 14.1. The third kappa shape index (κ3) is 4.15. The van der Waals surface area contributed by atoms with Crippen LogP contribution in [-0.2, 0) is 13.1 Å². The summed E-state index contributed by atoms with van der Waals surface area (Å²) in [6.07, 6.45) is 2.21. The first-order chi connectivity index (χ1) is 12.9. The van der Waals surface area contributed by atoms with Gasteiger partial charge in [0.2, 0.25) is 0 Å². The third-order valence-electron chi connectivity index (χ3n) is 4.45. The van der Waals surface area contributed by atoms with E-state index in [2.05, 4.69) is 20.7 Å². The van der Waals surface area contributed by atoms with Crippen molar-refractivity contribution in [2.24, 2.45) is 0 Å². The van der Waals surface area contributed by atoms with Crippen molar-refractivity contribution in [3.63, 3.8) is 0 Å². The lowest BCUT2D eigenvalue weighted by Gasteiger charge is -2.24. The molecule has 1 saturated heterocycles. The Labute approximate surface area is 156 Å². The van der Waals surface area contributed by atoms with Crippen LogP contribution >= 0.6 is 0 Å². The van der Waals surface area contributed by atoms with Crippen molar-refractivity contribution in [1.82, 2.24) is 35.0 Å². The minimum Gasteiger partial charge on any atom is -0.348 e. The van der Waals surface area contributed by atoms with Crippen LogP contribution in [0.25, 0.3) is 0 Å². The molecule has 2 aromatic rings. The highest BCUT2D eigenvalue weighted by Gasteiger charge is 2.37. The fourth-order valence-electron chi connectivity index (χ4n) is 3.24. The normalized spacial score (nSPS) is 19.7. The van der Waals surface area contributed by atoms with Crippen molar-refractivity contribution < 1.29 is 14.0 Å². The summed E-state index contributed by atoms with van der Waals surface area (Å²) < 4.78 is 17.1. The number of aromatic nitrogens is 5. The molecule has 0 bridgehead atoms. The van der Waals surface area contributed by atoms with Gasteiger partial charge in [-0.1, -0.05) is 5.21 Å². The summed E-state index contributed by atoms with van der Waals surface area (Å²) in [4.78, 5) is 26.4. The van der Waals surface area contributed by atoms with E-state index in [0.717, 1.165) is 0 Å². The number of nitrogens with one attached hydrogen (secondary N) is 1. The smallest absolute Gasteiger partial charge is 0.273 e. The Bertz CT molecular complexity index is 816. The van der Waals surface area contributed by atoms with Crippen LogP contribution in [0.4, 0.5) is 4.39 Å². The summed E-state index contributed by atoms with van der Waals surface area (Å²) in [6, 6.07) is 1.26. The molecule has 2 atom stereocenters. The van der Waals surface area contributed by atoms with Gasteiger partial charge in [0.15, 0.2) is 5.69 Å². The number of carbonyl (C=O) groups is 2. The Kier molecular flexibility index (Phi) is 5.52. The lowest BCUT2D eigenvalue weighted by molar-refractivity contribution is 0.0701. The molecule has 3 heterocycles. The molecule has 1 aliphatic heterocycles. The van der Waals surface area contributed by atoms with E-state index in [9.17, 15) is 14.0 Å². The van der Waals surface area contributed by atoms with E-state index in [0.29, 0.717) is 12.2 Å². The summed E-state index contributed by atoms with van der Waals surface area (Å²) in [6.45, 7) is 6.47.